The van der Waals surface area contributed by atoms with Gasteiger partial charge in [-0.2, -0.15) is 0 Å². The smallest absolute Gasteiger partial charge is 0.191 e. The van der Waals surface area contributed by atoms with E-state index in [2.05, 4.69) is 41.7 Å². The monoisotopic (exact) mass is 464 g/mol. The van der Waals surface area contributed by atoms with Gasteiger partial charge in [0.1, 0.15) is 0 Å². The lowest BCUT2D eigenvalue weighted by Crippen LogP contribution is -2.44. The van der Waals surface area contributed by atoms with Crippen LogP contribution < -0.4 is 25.4 Å². The van der Waals surface area contributed by atoms with Gasteiger partial charge in [0.2, 0.25) is 0 Å². The van der Waals surface area contributed by atoms with Gasteiger partial charge in [0.15, 0.2) is 17.5 Å². The minimum Gasteiger partial charge on any atom is -0.493 e. The molecule has 0 radical (unpaired) electrons. The molecule has 0 amide bonds. The minimum absolute atomic E-state index is 0. The quantitative estimate of drug-likeness (QED) is 0.239. The average molecular weight is 464 g/mol. The lowest BCUT2D eigenvalue weighted by molar-refractivity contribution is 0.354. The van der Waals surface area contributed by atoms with Gasteiger partial charge < -0.3 is 25.4 Å². The van der Waals surface area contributed by atoms with Gasteiger partial charge in [0.05, 0.1) is 14.2 Å². The van der Waals surface area contributed by atoms with Crippen LogP contribution >= 0.6 is 24.0 Å². The summed E-state index contributed by atoms with van der Waals surface area (Å²) in [5.41, 5.74) is 1.32. The van der Waals surface area contributed by atoms with Crippen LogP contribution in [0.15, 0.2) is 23.2 Å². The fraction of sp³-hybridized carbons (Fsp3) is 0.611. The first-order valence-corrected chi connectivity index (χ1v) is 8.30. The molecule has 1 rings (SSSR count). The van der Waals surface area contributed by atoms with Crippen LogP contribution in [0.3, 0.4) is 0 Å². The van der Waals surface area contributed by atoms with Gasteiger partial charge in [0, 0.05) is 32.2 Å². The van der Waals surface area contributed by atoms with E-state index in [1.165, 1.54) is 5.56 Å². The molecule has 7 heteroatoms. The van der Waals surface area contributed by atoms with Gasteiger partial charge in [-0.25, -0.2) is 0 Å². The number of nitrogens with one attached hydrogen (secondary N) is 3. The van der Waals surface area contributed by atoms with Gasteiger partial charge in [-0.3, -0.25) is 4.99 Å². The number of hydrogen-bond acceptors (Lipinski definition) is 4. The van der Waals surface area contributed by atoms with Crippen molar-refractivity contribution in [2.45, 2.75) is 32.7 Å². The van der Waals surface area contributed by atoms with Gasteiger partial charge >= 0.3 is 0 Å². The molecule has 0 atom stereocenters. The first-order chi connectivity index (χ1) is 11.4. The number of halogens is 1. The molecular formula is C18H33IN4O2. The average Bonchev–Trinajstić information content (AvgIpc) is 2.55. The van der Waals surface area contributed by atoms with E-state index in [0.717, 1.165) is 43.5 Å². The number of ether oxygens (including phenoxy) is 2. The van der Waals surface area contributed by atoms with E-state index in [1.807, 2.05) is 18.2 Å². The van der Waals surface area contributed by atoms with Crippen molar-refractivity contribution in [3.8, 4) is 11.5 Å². The summed E-state index contributed by atoms with van der Waals surface area (Å²) in [7, 11) is 5.07. The molecule has 0 saturated heterocycles. The van der Waals surface area contributed by atoms with Gasteiger partial charge in [-0.1, -0.05) is 6.07 Å². The van der Waals surface area contributed by atoms with Crippen molar-refractivity contribution in [3.05, 3.63) is 23.8 Å². The van der Waals surface area contributed by atoms with E-state index in [1.54, 1.807) is 21.3 Å². The molecule has 3 N–H and O–H groups in total. The molecule has 0 fully saturated rings. The standard InChI is InChI=1S/C18H32N4O2.HI/c1-18(2,3)22-12-11-21-17(19-4)20-10-9-14-7-8-15(23-5)16(13-14)24-6;/h7-8,13,22H,9-12H2,1-6H3,(H2,19,20,21);1H. The summed E-state index contributed by atoms with van der Waals surface area (Å²) in [4.78, 5) is 4.24. The number of aliphatic imine (C=N–C) groups is 1. The molecule has 0 aliphatic rings. The van der Waals surface area contributed by atoms with Gasteiger partial charge in [-0.15, -0.1) is 24.0 Å². The van der Waals surface area contributed by atoms with Crippen molar-refractivity contribution < 1.29 is 9.47 Å². The van der Waals surface area contributed by atoms with Crippen molar-refractivity contribution in [1.82, 2.24) is 16.0 Å². The molecular weight excluding hydrogens is 431 g/mol. The van der Waals surface area contributed by atoms with E-state index in [-0.39, 0.29) is 29.5 Å². The first-order valence-electron chi connectivity index (χ1n) is 8.30. The summed E-state index contributed by atoms with van der Waals surface area (Å²) < 4.78 is 10.6. The Bertz CT molecular complexity index is 530. The van der Waals surface area contributed by atoms with Crippen LogP contribution in [-0.4, -0.2) is 52.4 Å². The zero-order chi connectivity index (χ0) is 18.0. The normalized spacial score (nSPS) is 11.5. The van der Waals surface area contributed by atoms with Crippen molar-refractivity contribution in [1.29, 1.82) is 0 Å². The van der Waals surface area contributed by atoms with E-state index in [4.69, 9.17) is 9.47 Å². The Morgan fingerprint density at radius 1 is 1.00 bits per heavy atom. The minimum atomic E-state index is 0. The molecule has 0 bridgehead atoms. The highest BCUT2D eigenvalue weighted by molar-refractivity contribution is 14.0. The van der Waals surface area contributed by atoms with Crippen LogP contribution in [0.25, 0.3) is 0 Å². The highest BCUT2D eigenvalue weighted by atomic mass is 127. The molecule has 0 saturated carbocycles. The van der Waals surface area contributed by atoms with Crippen LogP contribution in [0.4, 0.5) is 0 Å². The Morgan fingerprint density at radius 3 is 2.20 bits per heavy atom. The molecule has 0 aromatic heterocycles. The number of nitrogens with zero attached hydrogens (tertiary/aromatic N) is 1. The lowest BCUT2D eigenvalue weighted by Gasteiger charge is -2.21. The third kappa shape index (κ3) is 9.74. The number of hydrogen-bond donors (Lipinski definition) is 3. The van der Waals surface area contributed by atoms with E-state index < -0.39 is 0 Å². The van der Waals surface area contributed by atoms with Crippen molar-refractivity contribution in [2.75, 3.05) is 40.9 Å². The Kier molecular flexibility index (Phi) is 11.6. The molecule has 25 heavy (non-hydrogen) atoms. The Balaban J connectivity index is 0.00000576. The zero-order valence-electron chi connectivity index (χ0n) is 16.2. The summed E-state index contributed by atoms with van der Waals surface area (Å²) in [5, 5.41) is 10.1. The predicted molar refractivity (Wildman–Crippen MR) is 116 cm³/mol. The van der Waals surface area contributed by atoms with Crippen molar-refractivity contribution in [3.63, 3.8) is 0 Å². The van der Waals surface area contributed by atoms with Gasteiger partial charge in [-0.05, 0) is 44.9 Å². The van der Waals surface area contributed by atoms with E-state index >= 15 is 0 Å². The second-order valence-corrected chi connectivity index (χ2v) is 6.54. The molecule has 0 spiro atoms. The zero-order valence-corrected chi connectivity index (χ0v) is 18.6. The fourth-order valence-electron chi connectivity index (χ4n) is 2.20. The second kappa shape index (κ2) is 12.2. The molecule has 1 aromatic rings. The highest BCUT2D eigenvalue weighted by Crippen LogP contribution is 2.27. The molecule has 144 valence electrons. The third-order valence-electron chi connectivity index (χ3n) is 3.45. The molecule has 0 aliphatic carbocycles. The summed E-state index contributed by atoms with van der Waals surface area (Å²) in [6.07, 6.45) is 0.876. The van der Waals surface area contributed by atoms with Crippen molar-refractivity contribution >= 4 is 29.9 Å². The van der Waals surface area contributed by atoms with E-state index in [0.29, 0.717) is 0 Å². The lowest BCUT2D eigenvalue weighted by atomic mass is 10.1. The number of guanidine groups is 1. The Morgan fingerprint density at radius 2 is 1.64 bits per heavy atom. The summed E-state index contributed by atoms with van der Waals surface area (Å²) in [5.74, 6) is 2.31. The maximum Gasteiger partial charge on any atom is 0.191 e. The third-order valence-corrected chi connectivity index (χ3v) is 3.45. The molecule has 0 unspecified atom stereocenters. The summed E-state index contributed by atoms with van der Waals surface area (Å²) >= 11 is 0. The van der Waals surface area contributed by atoms with Crippen LogP contribution in [0.5, 0.6) is 11.5 Å². The fourth-order valence-corrected chi connectivity index (χ4v) is 2.20. The topological polar surface area (TPSA) is 66.9 Å². The maximum absolute atomic E-state index is 5.33. The van der Waals surface area contributed by atoms with Crippen LogP contribution in [0.2, 0.25) is 0 Å². The van der Waals surface area contributed by atoms with Crippen molar-refractivity contribution in [2.24, 2.45) is 4.99 Å². The summed E-state index contributed by atoms with van der Waals surface area (Å²) in [6, 6.07) is 5.98. The van der Waals surface area contributed by atoms with Crippen LogP contribution in [0.1, 0.15) is 26.3 Å². The molecule has 6 nitrogen and oxygen atoms in total. The Labute approximate surface area is 169 Å². The SMILES string of the molecule is CN=C(NCCNC(C)(C)C)NCCc1ccc(OC)c(OC)c1.I. The van der Waals surface area contributed by atoms with Crippen LogP contribution in [0, 0.1) is 0 Å². The molecule has 0 aliphatic heterocycles. The number of methoxy groups -OCH3 is 2. The molecule has 1 aromatic carbocycles. The largest absolute Gasteiger partial charge is 0.493 e. The first kappa shape index (κ1) is 23.8. The maximum atomic E-state index is 5.33. The van der Waals surface area contributed by atoms with E-state index in [9.17, 15) is 0 Å². The molecule has 0 heterocycles. The second-order valence-electron chi connectivity index (χ2n) is 6.54. The highest BCUT2D eigenvalue weighted by Gasteiger charge is 2.08. The number of benzene rings is 1. The van der Waals surface area contributed by atoms with Gasteiger partial charge in [0.25, 0.3) is 0 Å². The predicted octanol–water partition coefficient (Wildman–Crippen LogP) is 2.42. The number of rotatable bonds is 8. The summed E-state index contributed by atoms with van der Waals surface area (Å²) in [6.45, 7) is 8.98. The Hall–Kier alpha value is -1.22. The van der Waals surface area contributed by atoms with Crippen LogP contribution in [-0.2, 0) is 6.42 Å².